The highest BCUT2D eigenvalue weighted by atomic mass is 31.2. The minimum atomic E-state index is -0.630. The molecule has 0 aromatic heterocycles. The van der Waals surface area contributed by atoms with E-state index in [0.717, 1.165) is 0 Å². The van der Waals surface area contributed by atoms with E-state index in [1.807, 2.05) is 0 Å². The normalized spacial score (nSPS) is 11.6. The molecule has 0 spiro atoms. The van der Waals surface area contributed by atoms with Gasteiger partial charge in [-0.25, -0.2) is 0 Å². The summed E-state index contributed by atoms with van der Waals surface area (Å²) < 4.78 is 0. The van der Waals surface area contributed by atoms with Crippen LogP contribution < -0.4 is 0 Å². The predicted molar refractivity (Wildman–Crippen MR) is 143 cm³/mol. The second kappa shape index (κ2) is 25.6. The molecular formula is C28H61OP. The Bertz CT molecular complexity index is 283. The Hall–Kier alpha value is 0.390. The topological polar surface area (TPSA) is 30.0 Å². The highest BCUT2D eigenvalue weighted by Gasteiger charge is 2.34. The van der Waals surface area contributed by atoms with Gasteiger partial charge < -0.3 is 5.48 Å². The van der Waals surface area contributed by atoms with Crippen molar-refractivity contribution < 1.29 is 5.48 Å². The smallest absolute Gasteiger partial charge is 0.0594 e. The molecule has 0 rings (SSSR count). The second-order valence-corrected chi connectivity index (χ2v) is 14.4. The molecule has 0 fully saturated rings. The van der Waals surface area contributed by atoms with Crippen LogP contribution in [0.2, 0.25) is 0 Å². The van der Waals surface area contributed by atoms with Crippen LogP contribution in [0, 0.1) is 0 Å². The summed E-state index contributed by atoms with van der Waals surface area (Å²) in [5, 5.41) is 0. The molecule has 0 atom stereocenters. The molecule has 0 aliphatic carbocycles. The van der Waals surface area contributed by atoms with Crippen LogP contribution in [0.4, 0.5) is 0 Å². The Morgan fingerprint density at radius 1 is 0.300 bits per heavy atom. The van der Waals surface area contributed by atoms with Gasteiger partial charge in [-0.2, -0.15) is 0 Å². The quantitative estimate of drug-likeness (QED) is 0.107. The SMILES string of the molecule is CCCCCCCCCCCCCCCC[P+](CCCC)(CCCC)CCCC.[OH-]. The highest BCUT2D eigenvalue weighted by Crippen LogP contribution is 2.61. The lowest BCUT2D eigenvalue weighted by atomic mass is 10.0. The Labute approximate surface area is 193 Å². The Kier molecular flexibility index (Phi) is 27.8. The van der Waals surface area contributed by atoms with Gasteiger partial charge in [0.1, 0.15) is 0 Å². The van der Waals surface area contributed by atoms with Crippen LogP contribution >= 0.6 is 7.26 Å². The van der Waals surface area contributed by atoms with Gasteiger partial charge in [-0.15, -0.1) is 0 Å². The molecule has 30 heavy (non-hydrogen) atoms. The van der Waals surface area contributed by atoms with Gasteiger partial charge in [0.2, 0.25) is 0 Å². The Morgan fingerprint density at radius 2 is 0.533 bits per heavy atom. The van der Waals surface area contributed by atoms with E-state index in [1.54, 1.807) is 31.1 Å². The van der Waals surface area contributed by atoms with E-state index in [4.69, 9.17) is 0 Å². The molecule has 184 valence electrons. The zero-order valence-corrected chi connectivity index (χ0v) is 22.8. The molecule has 0 heterocycles. The summed E-state index contributed by atoms with van der Waals surface area (Å²) in [6.07, 6.45) is 36.0. The number of unbranched alkanes of at least 4 members (excludes halogenated alkanes) is 16. The third kappa shape index (κ3) is 20.3. The van der Waals surface area contributed by atoms with E-state index in [9.17, 15) is 0 Å². The van der Waals surface area contributed by atoms with Crippen molar-refractivity contribution in [3.05, 3.63) is 0 Å². The van der Waals surface area contributed by atoms with Crippen molar-refractivity contribution in [1.82, 2.24) is 0 Å². The number of rotatable bonds is 24. The largest absolute Gasteiger partial charge is 0.870 e. The van der Waals surface area contributed by atoms with E-state index < -0.39 is 7.26 Å². The van der Waals surface area contributed by atoms with Crippen LogP contribution in [0.3, 0.4) is 0 Å². The van der Waals surface area contributed by atoms with Gasteiger partial charge in [0.15, 0.2) is 0 Å². The number of hydrogen-bond donors (Lipinski definition) is 0. The van der Waals surface area contributed by atoms with Crippen LogP contribution in [0.25, 0.3) is 0 Å². The van der Waals surface area contributed by atoms with Crippen LogP contribution in [0.1, 0.15) is 156 Å². The van der Waals surface area contributed by atoms with Gasteiger partial charge in [0.25, 0.3) is 0 Å². The van der Waals surface area contributed by atoms with Crippen molar-refractivity contribution >= 4 is 7.26 Å². The molecule has 0 aromatic carbocycles. The molecule has 1 nitrogen and oxygen atoms in total. The Balaban J connectivity index is 0. The molecule has 0 saturated carbocycles. The van der Waals surface area contributed by atoms with Crippen molar-refractivity contribution in [3.63, 3.8) is 0 Å². The average Bonchev–Trinajstić information content (AvgIpc) is 2.74. The maximum Gasteiger partial charge on any atom is 0.0594 e. The standard InChI is InChI=1S/C28H60P.H2O/c1-5-9-13-14-15-16-17-18-19-20-21-22-23-24-28-29(25-10-6-2,26-11-7-3)27-12-8-4;/h5-28H2,1-4H3;1H2/q+1;/p-1. The minimum absolute atomic E-state index is 0. The first-order chi connectivity index (χ1) is 14.2. The van der Waals surface area contributed by atoms with Crippen molar-refractivity contribution in [2.45, 2.75) is 156 Å². The van der Waals surface area contributed by atoms with Crippen LogP contribution in [0.5, 0.6) is 0 Å². The van der Waals surface area contributed by atoms with Crippen LogP contribution in [-0.2, 0) is 0 Å². The lowest BCUT2D eigenvalue weighted by Crippen LogP contribution is -2.13. The molecule has 0 unspecified atom stereocenters. The van der Waals surface area contributed by atoms with Gasteiger partial charge in [-0.3, -0.25) is 0 Å². The molecule has 0 aliphatic heterocycles. The fraction of sp³-hybridized carbons (Fsp3) is 1.00. The third-order valence-electron chi connectivity index (χ3n) is 6.94. The molecule has 0 bridgehead atoms. The lowest BCUT2D eigenvalue weighted by molar-refractivity contribution is 0.538. The summed E-state index contributed by atoms with van der Waals surface area (Å²) in [7, 11) is -0.630. The van der Waals surface area contributed by atoms with E-state index in [1.165, 1.54) is 122 Å². The molecule has 0 amide bonds. The predicted octanol–water partition coefficient (Wildman–Crippen LogP) is 10.7. The summed E-state index contributed by atoms with van der Waals surface area (Å²) in [5.74, 6) is 0. The van der Waals surface area contributed by atoms with Gasteiger partial charge >= 0.3 is 0 Å². The highest BCUT2D eigenvalue weighted by molar-refractivity contribution is 7.75. The molecule has 1 N–H and O–H groups in total. The molecule has 0 saturated heterocycles. The summed E-state index contributed by atoms with van der Waals surface area (Å²) in [4.78, 5) is 0. The fourth-order valence-corrected chi connectivity index (χ4v) is 9.99. The van der Waals surface area contributed by atoms with E-state index in [2.05, 4.69) is 27.7 Å². The Morgan fingerprint density at radius 3 is 0.833 bits per heavy atom. The van der Waals surface area contributed by atoms with E-state index in [-0.39, 0.29) is 5.48 Å². The van der Waals surface area contributed by atoms with Crippen molar-refractivity contribution in [3.8, 4) is 0 Å². The molecule has 2 heteroatoms. The summed E-state index contributed by atoms with van der Waals surface area (Å²) in [6.45, 7) is 9.48. The second-order valence-electron chi connectivity index (χ2n) is 9.89. The zero-order valence-electron chi connectivity index (χ0n) is 21.9. The maximum absolute atomic E-state index is 2.39. The molecule has 0 aliphatic rings. The summed E-state index contributed by atoms with van der Waals surface area (Å²) in [6, 6.07) is 0. The first-order valence-electron chi connectivity index (χ1n) is 14.1. The molecule has 0 radical (unpaired) electrons. The van der Waals surface area contributed by atoms with Crippen molar-refractivity contribution in [2.75, 3.05) is 24.6 Å². The zero-order chi connectivity index (χ0) is 21.5. The summed E-state index contributed by atoms with van der Waals surface area (Å²) >= 11 is 0. The van der Waals surface area contributed by atoms with E-state index >= 15 is 0 Å². The molecule has 0 aromatic rings. The lowest BCUT2D eigenvalue weighted by Gasteiger charge is -2.28. The first kappa shape index (κ1) is 32.6. The van der Waals surface area contributed by atoms with Crippen molar-refractivity contribution in [2.24, 2.45) is 0 Å². The van der Waals surface area contributed by atoms with Crippen LogP contribution in [-0.4, -0.2) is 30.1 Å². The summed E-state index contributed by atoms with van der Waals surface area (Å²) in [5.41, 5.74) is 0. The average molecular weight is 445 g/mol. The molecular weight excluding hydrogens is 383 g/mol. The third-order valence-corrected chi connectivity index (χ3v) is 12.0. The van der Waals surface area contributed by atoms with Gasteiger partial charge in [0, 0.05) is 7.26 Å². The van der Waals surface area contributed by atoms with Crippen molar-refractivity contribution in [1.29, 1.82) is 0 Å². The fourth-order valence-electron chi connectivity index (χ4n) is 4.79. The minimum Gasteiger partial charge on any atom is -0.870 e. The first-order valence-corrected chi connectivity index (χ1v) is 16.6. The maximum atomic E-state index is 2.39. The number of hydrogen-bond acceptors (Lipinski definition) is 1. The van der Waals surface area contributed by atoms with E-state index in [0.29, 0.717) is 0 Å². The van der Waals surface area contributed by atoms with Gasteiger partial charge in [-0.05, 0) is 32.1 Å². The van der Waals surface area contributed by atoms with Crippen LogP contribution in [0.15, 0.2) is 0 Å². The van der Waals surface area contributed by atoms with Gasteiger partial charge in [0.05, 0.1) is 24.6 Å². The monoisotopic (exact) mass is 444 g/mol. The van der Waals surface area contributed by atoms with Gasteiger partial charge in [-0.1, -0.05) is 124 Å².